The number of carbonyl (C=O) groups excluding carboxylic acids is 1. The van der Waals surface area contributed by atoms with Crippen molar-refractivity contribution in [3.8, 4) is 0 Å². The zero-order valence-electron chi connectivity index (χ0n) is 9.75. The van der Waals surface area contributed by atoms with E-state index in [1.165, 1.54) is 32.1 Å². The van der Waals surface area contributed by atoms with E-state index in [1.807, 2.05) is 4.90 Å². The molecule has 2 heteroatoms. The Labute approximate surface area is 87.7 Å². The van der Waals surface area contributed by atoms with Gasteiger partial charge in [0.2, 0.25) is 5.91 Å². The van der Waals surface area contributed by atoms with Crippen molar-refractivity contribution in [2.75, 3.05) is 6.54 Å². The van der Waals surface area contributed by atoms with Crippen LogP contribution in [0.1, 0.15) is 52.9 Å². The summed E-state index contributed by atoms with van der Waals surface area (Å²) < 4.78 is 0. The molecule has 0 aliphatic heterocycles. The van der Waals surface area contributed by atoms with Crippen LogP contribution < -0.4 is 0 Å². The van der Waals surface area contributed by atoms with Gasteiger partial charge < -0.3 is 4.90 Å². The second-order valence-corrected chi connectivity index (χ2v) is 4.77. The Morgan fingerprint density at radius 2 is 1.86 bits per heavy atom. The van der Waals surface area contributed by atoms with Gasteiger partial charge in [-0.2, -0.15) is 0 Å². The van der Waals surface area contributed by atoms with Gasteiger partial charge in [-0.05, 0) is 32.6 Å². The number of hydrogen-bond donors (Lipinski definition) is 0. The highest BCUT2D eigenvalue weighted by atomic mass is 16.2. The summed E-state index contributed by atoms with van der Waals surface area (Å²) in [6.45, 7) is 6.87. The zero-order chi connectivity index (χ0) is 10.6. The molecule has 0 bridgehead atoms. The van der Waals surface area contributed by atoms with Crippen molar-refractivity contribution in [3.05, 3.63) is 0 Å². The lowest BCUT2D eigenvalue weighted by Crippen LogP contribution is -2.39. The van der Waals surface area contributed by atoms with Crippen molar-refractivity contribution in [2.45, 2.75) is 58.9 Å². The summed E-state index contributed by atoms with van der Waals surface area (Å²) in [5, 5.41) is 0. The van der Waals surface area contributed by atoms with Crippen LogP contribution in [0.5, 0.6) is 0 Å². The Morgan fingerprint density at radius 1 is 1.29 bits per heavy atom. The molecule has 0 unspecified atom stereocenters. The third-order valence-corrected chi connectivity index (χ3v) is 3.21. The molecular formula is C12H23NO. The van der Waals surface area contributed by atoms with Gasteiger partial charge in [0.15, 0.2) is 0 Å². The first-order valence-corrected chi connectivity index (χ1v) is 5.88. The van der Waals surface area contributed by atoms with Crippen LogP contribution in [0.25, 0.3) is 0 Å². The normalized spacial score (nSPS) is 18.6. The first-order valence-electron chi connectivity index (χ1n) is 5.88. The highest BCUT2D eigenvalue weighted by molar-refractivity contribution is 5.73. The summed E-state index contributed by atoms with van der Waals surface area (Å²) in [6, 6.07) is 0.356. The van der Waals surface area contributed by atoms with Gasteiger partial charge in [-0.3, -0.25) is 4.79 Å². The molecule has 0 N–H and O–H groups in total. The van der Waals surface area contributed by atoms with Gasteiger partial charge in [0.25, 0.3) is 0 Å². The largest absolute Gasteiger partial charge is 0.340 e. The minimum Gasteiger partial charge on any atom is -0.340 e. The fourth-order valence-electron chi connectivity index (χ4n) is 2.35. The molecule has 0 saturated heterocycles. The molecule has 0 aromatic heterocycles. The first-order chi connectivity index (χ1) is 6.61. The SMILES string of the molecule is CC(=O)N(CC1CCCCC1)C(C)C. The van der Waals surface area contributed by atoms with Crippen molar-refractivity contribution in [3.63, 3.8) is 0 Å². The van der Waals surface area contributed by atoms with E-state index in [0.29, 0.717) is 6.04 Å². The van der Waals surface area contributed by atoms with Crippen molar-refractivity contribution >= 4 is 5.91 Å². The fourth-order valence-corrected chi connectivity index (χ4v) is 2.35. The first kappa shape index (κ1) is 11.5. The maximum atomic E-state index is 11.4. The Bertz CT molecular complexity index is 183. The highest BCUT2D eigenvalue weighted by Gasteiger charge is 2.20. The van der Waals surface area contributed by atoms with E-state index in [1.54, 1.807) is 6.92 Å². The van der Waals surface area contributed by atoms with Crippen LogP contribution in [-0.2, 0) is 4.79 Å². The number of amides is 1. The van der Waals surface area contributed by atoms with Gasteiger partial charge in [-0.15, -0.1) is 0 Å². The monoisotopic (exact) mass is 197 g/mol. The minimum absolute atomic E-state index is 0.227. The van der Waals surface area contributed by atoms with E-state index in [0.717, 1.165) is 12.5 Å². The lowest BCUT2D eigenvalue weighted by molar-refractivity contribution is -0.131. The lowest BCUT2D eigenvalue weighted by Gasteiger charge is -2.31. The molecule has 1 rings (SSSR count). The summed E-state index contributed by atoms with van der Waals surface area (Å²) >= 11 is 0. The van der Waals surface area contributed by atoms with E-state index in [4.69, 9.17) is 0 Å². The third-order valence-electron chi connectivity index (χ3n) is 3.21. The molecule has 14 heavy (non-hydrogen) atoms. The maximum absolute atomic E-state index is 11.4. The quantitative estimate of drug-likeness (QED) is 0.681. The van der Waals surface area contributed by atoms with Crippen molar-refractivity contribution in [1.82, 2.24) is 4.90 Å². The lowest BCUT2D eigenvalue weighted by atomic mass is 9.88. The summed E-state index contributed by atoms with van der Waals surface area (Å²) in [4.78, 5) is 13.4. The molecule has 1 fully saturated rings. The number of nitrogens with zero attached hydrogens (tertiary/aromatic N) is 1. The van der Waals surface area contributed by atoms with E-state index in [9.17, 15) is 4.79 Å². The Kier molecular flexibility index (Phi) is 4.43. The van der Waals surface area contributed by atoms with E-state index < -0.39 is 0 Å². The van der Waals surface area contributed by atoms with Crippen LogP contribution in [0.4, 0.5) is 0 Å². The summed E-state index contributed by atoms with van der Waals surface area (Å²) in [7, 11) is 0. The zero-order valence-corrected chi connectivity index (χ0v) is 9.75. The molecule has 0 radical (unpaired) electrons. The second kappa shape index (κ2) is 5.38. The van der Waals surface area contributed by atoms with Crippen molar-refractivity contribution < 1.29 is 4.79 Å². The molecule has 1 saturated carbocycles. The van der Waals surface area contributed by atoms with Gasteiger partial charge in [-0.1, -0.05) is 19.3 Å². The smallest absolute Gasteiger partial charge is 0.219 e. The molecule has 1 amide bonds. The van der Waals surface area contributed by atoms with Crippen LogP contribution in [-0.4, -0.2) is 23.4 Å². The fraction of sp³-hybridized carbons (Fsp3) is 0.917. The summed E-state index contributed by atoms with van der Waals surface area (Å²) in [6.07, 6.45) is 6.73. The van der Waals surface area contributed by atoms with E-state index >= 15 is 0 Å². The predicted octanol–water partition coefficient (Wildman–Crippen LogP) is 2.82. The minimum atomic E-state index is 0.227. The molecule has 1 aliphatic carbocycles. The molecule has 0 heterocycles. The van der Waals surface area contributed by atoms with Crippen LogP contribution >= 0.6 is 0 Å². The maximum Gasteiger partial charge on any atom is 0.219 e. The molecule has 0 aromatic rings. The summed E-state index contributed by atoms with van der Waals surface area (Å²) in [5.41, 5.74) is 0. The topological polar surface area (TPSA) is 20.3 Å². The third kappa shape index (κ3) is 3.32. The van der Waals surface area contributed by atoms with Gasteiger partial charge in [0.05, 0.1) is 0 Å². The van der Waals surface area contributed by atoms with Gasteiger partial charge >= 0.3 is 0 Å². The van der Waals surface area contributed by atoms with Crippen molar-refractivity contribution in [1.29, 1.82) is 0 Å². The van der Waals surface area contributed by atoms with Crippen LogP contribution in [0.2, 0.25) is 0 Å². The summed E-state index contributed by atoms with van der Waals surface area (Å²) in [5.74, 6) is 0.987. The Balaban J connectivity index is 2.41. The molecule has 0 spiro atoms. The molecular weight excluding hydrogens is 174 g/mol. The Hall–Kier alpha value is -0.530. The molecule has 1 aliphatic rings. The van der Waals surface area contributed by atoms with Crippen LogP contribution in [0.15, 0.2) is 0 Å². The van der Waals surface area contributed by atoms with Gasteiger partial charge in [0, 0.05) is 19.5 Å². The molecule has 2 nitrogen and oxygen atoms in total. The second-order valence-electron chi connectivity index (χ2n) is 4.77. The van der Waals surface area contributed by atoms with Crippen LogP contribution in [0.3, 0.4) is 0 Å². The molecule has 82 valence electrons. The predicted molar refractivity (Wildman–Crippen MR) is 59.1 cm³/mol. The van der Waals surface area contributed by atoms with Crippen LogP contribution in [0, 0.1) is 5.92 Å². The standard InChI is InChI=1S/C12H23NO/c1-10(2)13(11(3)14)9-12-7-5-4-6-8-12/h10,12H,4-9H2,1-3H3. The van der Waals surface area contributed by atoms with Gasteiger partial charge in [-0.25, -0.2) is 0 Å². The number of hydrogen-bond acceptors (Lipinski definition) is 1. The number of rotatable bonds is 3. The van der Waals surface area contributed by atoms with E-state index in [2.05, 4.69) is 13.8 Å². The molecule has 0 atom stereocenters. The van der Waals surface area contributed by atoms with Crippen molar-refractivity contribution in [2.24, 2.45) is 5.92 Å². The average molecular weight is 197 g/mol. The molecule has 0 aromatic carbocycles. The highest BCUT2D eigenvalue weighted by Crippen LogP contribution is 2.24. The Morgan fingerprint density at radius 3 is 2.29 bits per heavy atom. The average Bonchev–Trinajstić information content (AvgIpc) is 2.15. The van der Waals surface area contributed by atoms with E-state index in [-0.39, 0.29) is 5.91 Å². The number of carbonyl (C=O) groups is 1. The van der Waals surface area contributed by atoms with Gasteiger partial charge in [0.1, 0.15) is 0 Å².